The van der Waals surface area contributed by atoms with Gasteiger partial charge >= 0.3 is 0 Å². The second-order valence-corrected chi connectivity index (χ2v) is 9.71. The average Bonchev–Trinajstić information content (AvgIpc) is 2.83. The Kier molecular flexibility index (Phi) is 3.87. The summed E-state index contributed by atoms with van der Waals surface area (Å²) in [6, 6.07) is 0. The smallest absolute Gasteiger partial charge is 0.159 e. The topological polar surface area (TPSA) is 94.8 Å². The van der Waals surface area contributed by atoms with Gasteiger partial charge in [0.1, 0.15) is 5.78 Å². The van der Waals surface area contributed by atoms with Crippen molar-refractivity contribution in [2.24, 2.45) is 28.6 Å². The van der Waals surface area contributed by atoms with Gasteiger partial charge in [-0.25, -0.2) is 0 Å². The Labute approximate surface area is 154 Å². The highest BCUT2D eigenvalue weighted by Crippen LogP contribution is 2.67. The van der Waals surface area contributed by atoms with E-state index in [9.17, 15) is 24.9 Å². The van der Waals surface area contributed by atoms with E-state index in [1.165, 1.54) is 0 Å². The zero-order chi connectivity index (χ0) is 19.1. The second kappa shape index (κ2) is 5.49. The van der Waals surface area contributed by atoms with Gasteiger partial charge in [-0.3, -0.25) is 9.59 Å². The van der Waals surface area contributed by atoms with Crippen molar-refractivity contribution in [3.8, 4) is 0 Å². The highest BCUT2D eigenvalue weighted by atomic mass is 16.3. The molecule has 144 valence electrons. The fourth-order valence-electron chi connectivity index (χ4n) is 7.02. The van der Waals surface area contributed by atoms with E-state index >= 15 is 0 Å². The molecule has 0 saturated heterocycles. The van der Waals surface area contributed by atoms with Gasteiger partial charge < -0.3 is 15.3 Å². The molecule has 3 saturated carbocycles. The molecule has 5 nitrogen and oxygen atoms in total. The van der Waals surface area contributed by atoms with Crippen LogP contribution < -0.4 is 0 Å². The van der Waals surface area contributed by atoms with Gasteiger partial charge in [-0.2, -0.15) is 0 Å². The van der Waals surface area contributed by atoms with E-state index in [0.29, 0.717) is 19.3 Å². The van der Waals surface area contributed by atoms with Gasteiger partial charge in [-0.15, -0.1) is 0 Å². The lowest BCUT2D eigenvalue weighted by atomic mass is 9.46. The number of aliphatic hydroxyl groups is 3. The van der Waals surface area contributed by atoms with Gasteiger partial charge in [0.25, 0.3) is 0 Å². The quantitative estimate of drug-likeness (QED) is 0.661. The lowest BCUT2D eigenvalue weighted by molar-refractivity contribution is -0.153. The lowest BCUT2D eigenvalue weighted by Crippen LogP contribution is -2.60. The van der Waals surface area contributed by atoms with Crippen molar-refractivity contribution in [1.29, 1.82) is 0 Å². The number of Topliss-reactive ketones (excluding diaryl/α,β-unsaturated/α-hetero) is 1. The number of ketones is 2. The predicted molar refractivity (Wildman–Crippen MR) is 95.1 cm³/mol. The summed E-state index contributed by atoms with van der Waals surface area (Å²) >= 11 is 0. The number of carbonyl (C=O) groups is 2. The van der Waals surface area contributed by atoms with E-state index in [2.05, 4.69) is 0 Å². The molecule has 0 aromatic heterocycles. The van der Waals surface area contributed by atoms with E-state index in [0.717, 1.165) is 18.4 Å². The van der Waals surface area contributed by atoms with Gasteiger partial charge in [-0.05, 0) is 68.4 Å². The first kappa shape index (κ1) is 18.3. The Morgan fingerprint density at radius 3 is 2.46 bits per heavy atom. The first-order valence-corrected chi connectivity index (χ1v) is 9.89. The molecule has 0 aliphatic heterocycles. The molecule has 5 heteroatoms. The molecule has 0 spiro atoms. The van der Waals surface area contributed by atoms with Crippen molar-refractivity contribution in [2.75, 3.05) is 0 Å². The molecular formula is C21H30O5. The SMILES string of the molecule is CC(=O)[C@H]1CC[C@@]2(O)C3=CC(=O)[C@@H]4CC(O)C(O)C[C@@]4(C)[C@H]3CC[C@@]12C. The third-order valence-electron chi connectivity index (χ3n) is 8.61. The van der Waals surface area contributed by atoms with Crippen molar-refractivity contribution in [1.82, 2.24) is 0 Å². The Balaban J connectivity index is 1.80. The number of hydrogen-bond acceptors (Lipinski definition) is 5. The van der Waals surface area contributed by atoms with Crippen LogP contribution in [0.5, 0.6) is 0 Å². The normalized spacial score (nSPS) is 53.4. The summed E-state index contributed by atoms with van der Waals surface area (Å²) < 4.78 is 0. The number of fused-ring (bicyclic) bond motifs is 5. The van der Waals surface area contributed by atoms with Crippen LogP contribution in [-0.4, -0.2) is 44.7 Å². The number of carbonyl (C=O) groups excluding carboxylic acids is 2. The van der Waals surface area contributed by atoms with Crippen LogP contribution in [0.2, 0.25) is 0 Å². The van der Waals surface area contributed by atoms with E-state index in [-0.39, 0.29) is 35.7 Å². The maximum atomic E-state index is 12.9. The van der Waals surface area contributed by atoms with Crippen LogP contribution in [0.4, 0.5) is 0 Å². The molecule has 4 rings (SSSR count). The molecule has 0 radical (unpaired) electrons. The van der Waals surface area contributed by atoms with Crippen LogP contribution in [0.3, 0.4) is 0 Å². The predicted octanol–water partition coefficient (Wildman–Crippen LogP) is 1.78. The maximum Gasteiger partial charge on any atom is 0.159 e. The van der Waals surface area contributed by atoms with Crippen LogP contribution in [0.1, 0.15) is 59.3 Å². The third kappa shape index (κ3) is 2.08. The third-order valence-corrected chi connectivity index (χ3v) is 8.61. The largest absolute Gasteiger partial charge is 0.390 e. The number of rotatable bonds is 1. The molecule has 0 aromatic rings. The molecule has 0 bridgehead atoms. The van der Waals surface area contributed by atoms with Crippen molar-refractivity contribution < 1.29 is 24.9 Å². The Bertz CT molecular complexity index is 699. The molecule has 4 aliphatic carbocycles. The molecule has 0 aromatic carbocycles. The maximum absolute atomic E-state index is 12.9. The van der Waals surface area contributed by atoms with Gasteiger partial charge in [0.2, 0.25) is 0 Å². The summed E-state index contributed by atoms with van der Waals surface area (Å²) in [5.74, 6) is -0.406. The lowest BCUT2D eigenvalue weighted by Gasteiger charge is -2.59. The Morgan fingerprint density at radius 2 is 1.81 bits per heavy atom. The minimum absolute atomic E-state index is 0.0103. The van der Waals surface area contributed by atoms with Crippen molar-refractivity contribution in [3.05, 3.63) is 11.6 Å². The second-order valence-electron chi connectivity index (χ2n) is 9.71. The number of allylic oxidation sites excluding steroid dienone is 1. The molecule has 4 aliphatic rings. The molecule has 2 unspecified atom stereocenters. The first-order chi connectivity index (χ1) is 12.0. The summed E-state index contributed by atoms with van der Waals surface area (Å²) in [5, 5.41) is 32.1. The summed E-state index contributed by atoms with van der Waals surface area (Å²) in [7, 11) is 0. The Hall–Kier alpha value is -1.04. The zero-order valence-electron chi connectivity index (χ0n) is 15.9. The van der Waals surface area contributed by atoms with Crippen LogP contribution >= 0.6 is 0 Å². The van der Waals surface area contributed by atoms with Gasteiger partial charge in [0.15, 0.2) is 5.78 Å². The molecule has 0 amide bonds. The van der Waals surface area contributed by atoms with Crippen LogP contribution in [0.15, 0.2) is 11.6 Å². The summed E-state index contributed by atoms with van der Waals surface area (Å²) in [6.07, 6.45) is 3.29. The van der Waals surface area contributed by atoms with Crippen molar-refractivity contribution >= 4 is 11.6 Å². The van der Waals surface area contributed by atoms with E-state index in [4.69, 9.17) is 0 Å². The zero-order valence-corrected chi connectivity index (χ0v) is 15.9. The molecule has 26 heavy (non-hydrogen) atoms. The first-order valence-electron chi connectivity index (χ1n) is 9.89. The minimum Gasteiger partial charge on any atom is -0.390 e. The highest BCUT2D eigenvalue weighted by Gasteiger charge is 2.67. The standard InChI is InChI=1S/C21H30O5/c1-11(22)12-5-7-21(26)14-8-16(23)15-9-17(24)18(25)10-19(15,2)13(14)4-6-20(12,21)3/h8,12-13,15,17-18,24-26H,4-7,9-10H2,1-3H3/t12-,13+,15+,17?,18?,19+,20+,21-/m1/s1. The van der Waals surface area contributed by atoms with E-state index in [1.807, 2.05) is 13.8 Å². The van der Waals surface area contributed by atoms with Crippen LogP contribution in [0.25, 0.3) is 0 Å². The van der Waals surface area contributed by atoms with Gasteiger partial charge in [0.05, 0.1) is 17.8 Å². The molecule has 8 atom stereocenters. The fraction of sp³-hybridized carbons (Fsp3) is 0.810. The van der Waals surface area contributed by atoms with Crippen LogP contribution in [0, 0.1) is 28.6 Å². The molecular weight excluding hydrogens is 332 g/mol. The highest BCUT2D eigenvalue weighted by molar-refractivity contribution is 5.95. The summed E-state index contributed by atoms with van der Waals surface area (Å²) in [4.78, 5) is 25.1. The minimum atomic E-state index is -1.13. The Morgan fingerprint density at radius 1 is 1.12 bits per heavy atom. The average molecular weight is 362 g/mol. The summed E-state index contributed by atoms with van der Waals surface area (Å²) in [5.41, 5.74) is -1.33. The fourth-order valence-corrected chi connectivity index (χ4v) is 7.02. The number of hydrogen-bond donors (Lipinski definition) is 3. The van der Waals surface area contributed by atoms with Gasteiger partial charge in [-0.1, -0.05) is 13.8 Å². The summed E-state index contributed by atoms with van der Waals surface area (Å²) in [6.45, 7) is 5.64. The van der Waals surface area contributed by atoms with E-state index < -0.39 is 28.6 Å². The number of aliphatic hydroxyl groups excluding tert-OH is 2. The van der Waals surface area contributed by atoms with Gasteiger partial charge in [0, 0.05) is 17.3 Å². The van der Waals surface area contributed by atoms with Crippen molar-refractivity contribution in [2.45, 2.75) is 77.1 Å². The van der Waals surface area contributed by atoms with Crippen LogP contribution in [-0.2, 0) is 9.59 Å². The molecule has 3 N–H and O–H groups in total. The molecule has 3 fully saturated rings. The monoisotopic (exact) mass is 362 g/mol. The van der Waals surface area contributed by atoms with Crippen molar-refractivity contribution in [3.63, 3.8) is 0 Å². The van der Waals surface area contributed by atoms with E-state index in [1.54, 1.807) is 13.0 Å². The molecule has 0 heterocycles.